The van der Waals surface area contributed by atoms with E-state index < -0.39 is 0 Å². The molecule has 3 nitrogen and oxygen atoms in total. The van der Waals surface area contributed by atoms with Gasteiger partial charge in [-0.2, -0.15) is 0 Å². The lowest BCUT2D eigenvalue weighted by Crippen LogP contribution is -2.06. The van der Waals surface area contributed by atoms with Gasteiger partial charge in [0.05, 0.1) is 12.6 Å². The van der Waals surface area contributed by atoms with Gasteiger partial charge in [0.15, 0.2) is 0 Å². The van der Waals surface area contributed by atoms with Crippen molar-refractivity contribution in [1.29, 1.82) is 0 Å². The molecule has 4 rings (SSSR count). The highest BCUT2D eigenvalue weighted by atomic mass is 32.1. The van der Waals surface area contributed by atoms with Gasteiger partial charge >= 0.3 is 0 Å². The lowest BCUT2D eigenvalue weighted by molar-refractivity contribution is 0.416. The van der Waals surface area contributed by atoms with E-state index in [2.05, 4.69) is 43.1 Å². The Hall–Kier alpha value is -2.59. The van der Waals surface area contributed by atoms with Crippen molar-refractivity contribution in [3.63, 3.8) is 0 Å². The average molecular weight is 363 g/mol. The molecule has 0 atom stereocenters. The first-order valence-corrected chi connectivity index (χ1v) is 9.60. The predicted octanol–water partition coefficient (Wildman–Crippen LogP) is 5.85. The molecular formula is C22H21NO2S. The summed E-state index contributed by atoms with van der Waals surface area (Å²) in [4.78, 5) is 15.5. The zero-order chi connectivity index (χ0) is 18.4. The second-order valence-electron chi connectivity index (χ2n) is 6.91. The Balaban J connectivity index is 2.14. The fraction of sp³-hybridized carbons (Fsp3) is 0.227. The first kappa shape index (κ1) is 16.9. The monoisotopic (exact) mass is 363 g/mol. The number of aromatic amines is 1. The summed E-state index contributed by atoms with van der Waals surface area (Å²) in [6.45, 7) is 6.39. The topological polar surface area (TPSA) is 42.1 Å². The Labute approximate surface area is 156 Å². The van der Waals surface area contributed by atoms with Crippen LogP contribution in [0.15, 0.2) is 46.6 Å². The Bertz CT molecular complexity index is 1170. The van der Waals surface area contributed by atoms with Crippen LogP contribution in [0.25, 0.3) is 32.1 Å². The lowest BCUT2D eigenvalue weighted by atomic mass is 9.93. The Morgan fingerprint density at radius 3 is 2.50 bits per heavy atom. The van der Waals surface area contributed by atoms with Crippen LogP contribution in [-0.4, -0.2) is 12.1 Å². The standard InChI is InChI=1S/C22H21NO2S/c1-12(2)14-5-7-15(8-6-14)18-17(25-4)11-13(3)20-19(18)16-9-10-26-21(16)22(24)23-20/h5-12H,1-4H3,(H,23,24). The van der Waals surface area contributed by atoms with Gasteiger partial charge in [0.2, 0.25) is 0 Å². The number of aromatic nitrogens is 1. The fourth-order valence-corrected chi connectivity index (χ4v) is 4.35. The van der Waals surface area contributed by atoms with E-state index in [4.69, 9.17) is 4.74 Å². The van der Waals surface area contributed by atoms with Crippen LogP contribution in [0.5, 0.6) is 5.75 Å². The van der Waals surface area contributed by atoms with Crippen LogP contribution < -0.4 is 10.3 Å². The van der Waals surface area contributed by atoms with E-state index in [1.807, 2.05) is 24.4 Å². The van der Waals surface area contributed by atoms with Gasteiger partial charge in [-0.25, -0.2) is 0 Å². The number of rotatable bonds is 3. The molecule has 0 unspecified atom stereocenters. The van der Waals surface area contributed by atoms with E-state index in [-0.39, 0.29) is 5.56 Å². The summed E-state index contributed by atoms with van der Waals surface area (Å²) in [7, 11) is 1.70. The van der Waals surface area contributed by atoms with Gasteiger partial charge < -0.3 is 9.72 Å². The summed E-state index contributed by atoms with van der Waals surface area (Å²) in [5.74, 6) is 1.31. The maximum Gasteiger partial charge on any atom is 0.266 e. The molecule has 0 radical (unpaired) electrons. The molecule has 2 aromatic carbocycles. The summed E-state index contributed by atoms with van der Waals surface area (Å²) in [5.41, 5.74) is 5.28. The van der Waals surface area contributed by atoms with Gasteiger partial charge in [-0.3, -0.25) is 4.79 Å². The molecule has 4 heteroatoms. The highest BCUT2D eigenvalue weighted by Crippen LogP contribution is 2.41. The van der Waals surface area contributed by atoms with E-state index in [1.165, 1.54) is 16.9 Å². The zero-order valence-corrected chi connectivity index (χ0v) is 16.2. The summed E-state index contributed by atoms with van der Waals surface area (Å²) < 4.78 is 6.49. The highest BCUT2D eigenvalue weighted by Gasteiger charge is 2.18. The van der Waals surface area contributed by atoms with Crippen LogP contribution in [-0.2, 0) is 0 Å². The number of hydrogen-bond acceptors (Lipinski definition) is 3. The summed E-state index contributed by atoms with van der Waals surface area (Å²) in [5, 5.41) is 4.01. The van der Waals surface area contributed by atoms with Crippen LogP contribution >= 0.6 is 11.3 Å². The molecule has 2 heterocycles. The normalized spacial score (nSPS) is 11.6. The smallest absolute Gasteiger partial charge is 0.266 e. The van der Waals surface area contributed by atoms with Crippen LogP contribution in [0.2, 0.25) is 0 Å². The Kier molecular flexibility index (Phi) is 4.08. The molecule has 0 saturated carbocycles. The van der Waals surface area contributed by atoms with Gasteiger partial charge in [-0.1, -0.05) is 38.1 Å². The Morgan fingerprint density at radius 1 is 1.12 bits per heavy atom. The molecule has 0 aliphatic heterocycles. The molecule has 132 valence electrons. The second-order valence-corrected chi connectivity index (χ2v) is 7.83. The number of aryl methyl sites for hydroxylation is 1. The molecular weight excluding hydrogens is 342 g/mol. The van der Waals surface area contributed by atoms with Crippen molar-refractivity contribution in [3.8, 4) is 16.9 Å². The molecule has 0 aliphatic rings. The van der Waals surface area contributed by atoms with E-state index in [1.54, 1.807) is 7.11 Å². The molecule has 0 bridgehead atoms. The van der Waals surface area contributed by atoms with Gasteiger partial charge in [0, 0.05) is 16.3 Å². The largest absolute Gasteiger partial charge is 0.496 e. The Morgan fingerprint density at radius 2 is 1.85 bits per heavy atom. The van der Waals surface area contributed by atoms with Crippen molar-refractivity contribution in [2.75, 3.05) is 7.11 Å². The van der Waals surface area contributed by atoms with Crippen molar-refractivity contribution < 1.29 is 4.74 Å². The fourth-order valence-electron chi connectivity index (χ4n) is 3.55. The number of H-pyrrole nitrogens is 1. The third-order valence-corrected chi connectivity index (χ3v) is 5.87. The van der Waals surface area contributed by atoms with Gasteiger partial charge in [0.1, 0.15) is 10.4 Å². The summed E-state index contributed by atoms with van der Waals surface area (Å²) >= 11 is 1.47. The van der Waals surface area contributed by atoms with E-state index >= 15 is 0 Å². The molecule has 0 aliphatic carbocycles. The van der Waals surface area contributed by atoms with Gasteiger partial charge in [0.25, 0.3) is 5.56 Å². The van der Waals surface area contributed by atoms with Crippen molar-refractivity contribution >= 4 is 32.3 Å². The van der Waals surface area contributed by atoms with Gasteiger partial charge in [-0.05, 0) is 47.0 Å². The molecule has 26 heavy (non-hydrogen) atoms. The molecule has 2 aromatic heterocycles. The maximum absolute atomic E-state index is 12.5. The number of benzene rings is 2. The van der Waals surface area contributed by atoms with E-state index in [0.717, 1.165) is 43.4 Å². The van der Waals surface area contributed by atoms with Crippen molar-refractivity contribution in [2.24, 2.45) is 0 Å². The van der Waals surface area contributed by atoms with E-state index in [0.29, 0.717) is 5.92 Å². The first-order valence-electron chi connectivity index (χ1n) is 8.72. The van der Waals surface area contributed by atoms with Crippen molar-refractivity contribution in [3.05, 3.63) is 63.3 Å². The zero-order valence-electron chi connectivity index (χ0n) is 15.3. The van der Waals surface area contributed by atoms with Crippen LogP contribution in [0.4, 0.5) is 0 Å². The summed E-state index contributed by atoms with van der Waals surface area (Å²) in [6.07, 6.45) is 0. The number of thiophene rings is 1. The second kappa shape index (κ2) is 6.29. The minimum Gasteiger partial charge on any atom is -0.496 e. The number of methoxy groups -OCH3 is 1. The molecule has 0 fully saturated rings. The number of fused-ring (bicyclic) bond motifs is 3. The molecule has 0 saturated heterocycles. The SMILES string of the molecule is COc1cc(C)c2[nH]c(=O)c3sccc3c2c1-c1ccc(C(C)C)cc1. The van der Waals surface area contributed by atoms with Crippen LogP contribution in [0.1, 0.15) is 30.9 Å². The number of pyridine rings is 1. The van der Waals surface area contributed by atoms with Gasteiger partial charge in [-0.15, -0.1) is 11.3 Å². The molecule has 0 spiro atoms. The molecule has 0 amide bonds. The third-order valence-electron chi connectivity index (χ3n) is 4.95. The average Bonchev–Trinajstić information content (AvgIpc) is 3.13. The third kappa shape index (κ3) is 2.53. The molecule has 1 N–H and O–H groups in total. The minimum absolute atomic E-state index is 0.0307. The highest BCUT2D eigenvalue weighted by molar-refractivity contribution is 7.17. The number of ether oxygens (including phenoxy) is 1. The summed E-state index contributed by atoms with van der Waals surface area (Å²) in [6, 6.07) is 12.7. The van der Waals surface area contributed by atoms with Crippen molar-refractivity contribution in [1.82, 2.24) is 4.98 Å². The van der Waals surface area contributed by atoms with Crippen LogP contribution in [0.3, 0.4) is 0 Å². The number of nitrogens with one attached hydrogen (secondary N) is 1. The minimum atomic E-state index is -0.0307. The maximum atomic E-state index is 12.5. The predicted molar refractivity (Wildman–Crippen MR) is 111 cm³/mol. The molecule has 4 aromatic rings. The van der Waals surface area contributed by atoms with E-state index in [9.17, 15) is 4.79 Å². The van der Waals surface area contributed by atoms with Crippen molar-refractivity contribution in [2.45, 2.75) is 26.7 Å². The van der Waals surface area contributed by atoms with Crippen LogP contribution in [0, 0.1) is 6.92 Å². The lowest BCUT2D eigenvalue weighted by Gasteiger charge is -2.16. The quantitative estimate of drug-likeness (QED) is 0.496. The first-order chi connectivity index (χ1) is 12.5. The number of hydrogen-bond donors (Lipinski definition) is 1.